The van der Waals surface area contributed by atoms with Crippen LogP contribution < -0.4 is 10.1 Å². The molecular weight excluding hydrogens is 326 g/mol. The molecular formula is C18H20BrNO. The number of benzene rings is 2. The van der Waals surface area contributed by atoms with Gasteiger partial charge in [-0.3, -0.25) is 0 Å². The van der Waals surface area contributed by atoms with Gasteiger partial charge >= 0.3 is 0 Å². The van der Waals surface area contributed by atoms with E-state index in [0.29, 0.717) is 6.04 Å². The summed E-state index contributed by atoms with van der Waals surface area (Å²) in [7, 11) is 1.73. The number of rotatable bonds is 3. The fourth-order valence-electron chi connectivity index (χ4n) is 2.99. The molecule has 110 valence electrons. The molecule has 1 N–H and O–H groups in total. The van der Waals surface area contributed by atoms with Gasteiger partial charge in [0.25, 0.3) is 0 Å². The predicted molar refractivity (Wildman–Crippen MR) is 91.2 cm³/mol. The van der Waals surface area contributed by atoms with Crippen LogP contribution in [0, 0.1) is 6.92 Å². The topological polar surface area (TPSA) is 21.3 Å². The Morgan fingerprint density at radius 3 is 2.81 bits per heavy atom. The third kappa shape index (κ3) is 3.08. The fourth-order valence-corrected chi connectivity index (χ4v) is 3.60. The summed E-state index contributed by atoms with van der Waals surface area (Å²) < 4.78 is 6.47. The molecule has 2 nitrogen and oxygen atoms in total. The van der Waals surface area contributed by atoms with Gasteiger partial charge in [-0.2, -0.15) is 0 Å². The van der Waals surface area contributed by atoms with Gasteiger partial charge in [-0.25, -0.2) is 0 Å². The summed E-state index contributed by atoms with van der Waals surface area (Å²) in [6.07, 6.45) is 3.51. The first-order valence-corrected chi connectivity index (χ1v) is 8.16. The molecule has 0 radical (unpaired) electrons. The molecule has 21 heavy (non-hydrogen) atoms. The molecule has 0 aliphatic heterocycles. The summed E-state index contributed by atoms with van der Waals surface area (Å²) in [6, 6.07) is 13.3. The van der Waals surface area contributed by atoms with Gasteiger partial charge in [-0.15, -0.1) is 0 Å². The van der Waals surface area contributed by atoms with Gasteiger partial charge in [0, 0.05) is 10.2 Å². The summed E-state index contributed by atoms with van der Waals surface area (Å²) in [5.74, 6) is 0.950. The van der Waals surface area contributed by atoms with Crippen LogP contribution in [-0.4, -0.2) is 7.11 Å². The second-order valence-electron chi connectivity index (χ2n) is 5.64. The van der Waals surface area contributed by atoms with Crippen molar-refractivity contribution < 1.29 is 4.74 Å². The number of fused-ring (bicyclic) bond motifs is 1. The van der Waals surface area contributed by atoms with E-state index in [4.69, 9.17) is 4.74 Å². The standard InChI is InChI=1S/C18H20BrNO/c1-12-6-9-18(16(19)10-12)20-17-5-3-4-13-11-14(21-2)7-8-15(13)17/h6-11,17,20H,3-5H2,1-2H3. The van der Waals surface area contributed by atoms with Crippen molar-refractivity contribution in [2.45, 2.75) is 32.2 Å². The van der Waals surface area contributed by atoms with Crippen LogP contribution in [-0.2, 0) is 6.42 Å². The summed E-state index contributed by atoms with van der Waals surface area (Å²) in [6.45, 7) is 2.11. The van der Waals surface area contributed by atoms with E-state index in [9.17, 15) is 0 Å². The zero-order chi connectivity index (χ0) is 14.8. The summed E-state index contributed by atoms with van der Waals surface area (Å²) in [5.41, 5.74) is 5.23. The Kier molecular flexibility index (Phi) is 4.20. The van der Waals surface area contributed by atoms with E-state index in [0.717, 1.165) is 22.3 Å². The number of methoxy groups -OCH3 is 1. The van der Waals surface area contributed by atoms with E-state index >= 15 is 0 Å². The Bertz CT molecular complexity index is 654. The molecule has 2 aromatic rings. The molecule has 0 amide bonds. The second kappa shape index (κ2) is 6.10. The van der Waals surface area contributed by atoms with Crippen molar-refractivity contribution >= 4 is 21.6 Å². The molecule has 3 rings (SSSR count). The van der Waals surface area contributed by atoms with Crippen LogP contribution in [0.2, 0.25) is 0 Å². The van der Waals surface area contributed by atoms with Crippen molar-refractivity contribution in [3.63, 3.8) is 0 Å². The van der Waals surface area contributed by atoms with Gasteiger partial charge in [0.15, 0.2) is 0 Å². The van der Waals surface area contributed by atoms with Gasteiger partial charge in [0.05, 0.1) is 13.2 Å². The maximum atomic E-state index is 5.34. The number of aryl methyl sites for hydroxylation is 2. The normalized spacial score (nSPS) is 17.2. The molecule has 1 aliphatic carbocycles. The van der Waals surface area contributed by atoms with E-state index < -0.39 is 0 Å². The average molecular weight is 346 g/mol. The summed E-state index contributed by atoms with van der Waals surface area (Å²) in [4.78, 5) is 0. The van der Waals surface area contributed by atoms with Crippen LogP contribution in [0.5, 0.6) is 5.75 Å². The highest BCUT2D eigenvalue weighted by Crippen LogP contribution is 2.36. The minimum Gasteiger partial charge on any atom is -0.497 e. The highest BCUT2D eigenvalue weighted by molar-refractivity contribution is 9.10. The number of nitrogens with one attached hydrogen (secondary N) is 1. The van der Waals surface area contributed by atoms with Crippen molar-refractivity contribution in [2.24, 2.45) is 0 Å². The maximum Gasteiger partial charge on any atom is 0.119 e. The van der Waals surface area contributed by atoms with Crippen LogP contribution in [0.25, 0.3) is 0 Å². The highest BCUT2D eigenvalue weighted by Gasteiger charge is 2.21. The van der Waals surface area contributed by atoms with E-state index in [2.05, 4.69) is 64.6 Å². The van der Waals surface area contributed by atoms with Crippen molar-refractivity contribution in [1.82, 2.24) is 0 Å². The van der Waals surface area contributed by atoms with Crippen molar-refractivity contribution in [3.8, 4) is 5.75 Å². The van der Waals surface area contributed by atoms with Crippen molar-refractivity contribution in [2.75, 3.05) is 12.4 Å². The highest BCUT2D eigenvalue weighted by atomic mass is 79.9. The summed E-state index contributed by atoms with van der Waals surface area (Å²) >= 11 is 3.65. The molecule has 2 aromatic carbocycles. The number of anilines is 1. The molecule has 0 heterocycles. The Labute approximate surface area is 134 Å². The van der Waals surface area contributed by atoms with Gasteiger partial charge in [0.1, 0.15) is 5.75 Å². The minimum atomic E-state index is 0.374. The van der Waals surface area contributed by atoms with Gasteiger partial charge in [0.2, 0.25) is 0 Å². The molecule has 1 aliphatic rings. The average Bonchev–Trinajstić information content (AvgIpc) is 2.49. The first-order valence-electron chi connectivity index (χ1n) is 7.37. The molecule has 0 bridgehead atoms. The molecule has 0 saturated carbocycles. The maximum absolute atomic E-state index is 5.34. The van der Waals surface area contributed by atoms with Crippen LogP contribution in [0.1, 0.15) is 35.6 Å². The number of hydrogen-bond donors (Lipinski definition) is 1. The molecule has 0 aromatic heterocycles. The number of hydrogen-bond acceptors (Lipinski definition) is 2. The summed E-state index contributed by atoms with van der Waals surface area (Å²) in [5, 5.41) is 3.68. The monoisotopic (exact) mass is 345 g/mol. The van der Waals surface area contributed by atoms with Gasteiger partial charge < -0.3 is 10.1 Å². The van der Waals surface area contributed by atoms with Crippen LogP contribution >= 0.6 is 15.9 Å². The zero-order valence-corrected chi connectivity index (χ0v) is 14.0. The van der Waals surface area contributed by atoms with Crippen molar-refractivity contribution in [3.05, 3.63) is 57.6 Å². The smallest absolute Gasteiger partial charge is 0.119 e. The van der Waals surface area contributed by atoms with E-state index in [-0.39, 0.29) is 0 Å². The second-order valence-corrected chi connectivity index (χ2v) is 6.49. The fraction of sp³-hybridized carbons (Fsp3) is 0.333. The number of halogens is 1. The molecule has 3 heteroatoms. The molecule has 1 unspecified atom stereocenters. The Balaban J connectivity index is 1.88. The lowest BCUT2D eigenvalue weighted by atomic mass is 9.87. The molecule has 1 atom stereocenters. The largest absolute Gasteiger partial charge is 0.497 e. The molecule has 0 spiro atoms. The quantitative estimate of drug-likeness (QED) is 0.819. The number of ether oxygens (including phenoxy) is 1. The van der Waals surface area contributed by atoms with Crippen LogP contribution in [0.15, 0.2) is 40.9 Å². The van der Waals surface area contributed by atoms with E-state index in [1.807, 2.05) is 0 Å². The third-order valence-corrected chi connectivity index (χ3v) is 4.77. The lowest BCUT2D eigenvalue weighted by Gasteiger charge is -2.28. The van der Waals surface area contributed by atoms with Crippen LogP contribution in [0.4, 0.5) is 5.69 Å². The van der Waals surface area contributed by atoms with E-state index in [1.54, 1.807) is 7.11 Å². The first-order chi connectivity index (χ1) is 10.2. The Morgan fingerprint density at radius 2 is 2.05 bits per heavy atom. The first kappa shape index (κ1) is 14.5. The van der Waals surface area contributed by atoms with E-state index in [1.165, 1.54) is 29.5 Å². The minimum absolute atomic E-state index is 0.374. The SMILES string of the molecule is COc1ccc2c(c1)CCCC2Nc1ccc(C)cc1Br. The van der Waals surface area contributed by atoms with Crippen LogP contribution in [0.3, 0.4) is 0 Å². The third-order valence-electron chi connectivity index (χ3n) is 4.12. The lowest BCUT2D eigenvalue weighted by Crippen LogP contribution is -2.17. The lowest BCUT2D eigenvalue weighted by molar-refractivity contribution is 0.413. The van der Waals surface area contributed by atoms with Gasteiger partial charge in [-0.1, -0.05) is 12.1 Å². The van der Waals surface area contributed by atoms with Crippen molar-refractivity contribution in [1.29, 1.82) is 0 Å². The Hall–Kier alpha value is -1.48. The zero-order valence-electron chi connectivity index (χ0n) is 12.4. The predicted octanol–water partition coefficient (Wildman–Crippen LogP) is 5.26. The molecule has 0 fully saturated rings. The molecule has 0 saturated heterocycles. The van der Waals surface area contributed by atoms with Gasteiger partial charge in [-0.05, 0) is 83.1 Å². The Morgan fingerprint density at radius 1 is 1.19 bits per heavy atom.